The van der Waals surface area contributed by atoms with Crippen molar-refractivity contribution in [2.45, 2.75) is 37.6 Å². The summed E-state index contributed by atoms with van der Waals surface area (Å²) in [4.78, 5) is 11.9. The zero-order chi connectivity index (χ0) is 13.2. The Morgan fingerprint density at radius 3 is 2.78 bits per heavy atom. The summed E-state index contributed by atoms with van der Waals surface area (Å²) in [6.07, 6.45) is 3.87. The lowest BCUT2D eigenvalue weighted by Crippen LogP contribution is -2.50. The fourth-order valence-corrected chi connectivity index (χ4v) is 4.98. The van der Waals surface area contributed by atoms with Crippen LogP contribution in [0.5, 0.6) is 0 Å². The molecule has 18 heavy (non-hydrogen) atoms. The van der Waals surface area contributed by atoms with E-state index in [0.717, 1.165) is 25.8 Å². The highest BCUT2D eigenvalue weighted by atomic mass is 32.2. The highest BCUT2D eigenvalue weighted by molar-refractivity contribution is 7.91. The maximum Gasteiger partial charge on any atom is 0.326 e. The fourth-order valence-electron chi connectivity index (χ4n) is 3.20. The molecule has 2 heterocycles. The zero-order valence-electron chi connectivity index (χ0n) is 10.8. The molecule has 0 aromatic carbocycles. The van der Waals surface area contributed by atoms with Gasteiger partial charge >= 0.3 is 5.97 Å². The number of carbonyl (C=O) groups excluding carboxylic acids is 1. The Morgan fingerprint density at radius 1 is 1.44 bits per heavy atom. The van der Waals surface area contributed by atoms with Crippen LogP contribution in [-0.4, -0.2) is 45.1 Å². The Kier molecular flexibility index (Phi) is 3.96. The van der Waals surface area contributed by atoms with E-state index in [1.165, 1.54) is 7.11 Å². The van der Waals surface area contributed by atoms with Gasteiger partial charge in [-0.15, -0.1) is 0 Å². The van der Waals surface area contributed by atoms with Crippen LogP contribution >= 0.6 is 0 Å². The molecular formula is C12H21NO4S. The van der Waals surface area contributed by atoms with Gasteiger partial charge in [0.2, 0.25) is 0 Å². The predicted molar refractivity (Wildman–Crippen MR) is 68.0 cm³/mol. The average Bonchev–Trinajstić information content (AvgIpc) is 2.76. The van der Waals surface area contributed by atoms with Crippen molar-refractivity contribution in [3.05, 3.63) is 0 Å². The molecule has 0 aliphatic carbocycles. The molecule has 5 nitrogen and oxygen atoms in total. The molecule has 0 radical (unpaired) electrons. The molecule has 2 saturated heterocycles. The molecule has 1 N–H and O–H groups in total. The lowest BCUT2D eigenvalue weighted by molar-refractivity contribution is -0.148. The van der Waals surface area contributed by atoms with Crippen LogP contribution in [0, 0.1) is 5.92 Å². The molecule has 0 amide bonds. The van der Waals surface area contributed by atoms with Gasteiger partial charge in [0.25, 0.3) is 0 Å². The number of nitrogens with one attached hydrogen (secondary N) is 1. The van der Waals surface area contributed by atoms with E-state index >= 15 is 0 Å². The van der Waals surface area contributed by atoms with Crippen LogP contribution in [0.2, 0.25) is 0 Å². The van der Waals surface area contributed by atoms with Crippen molar-refractivity contribution < 1.29 is 17.9 Å². The van der Waals surface area contributed by atoms with Gasteiger partial charge in [-0.1, -0.05) is 0 Å². The number of sulfone groups is 1. The van der Waals surface area contributed by atoms with E-state index in [4.69, 9.17) is 4.74 Å². The number of esters is 1. The quantitative estimate of drug-likeness (QED) is 0.759. The topological polar surface area (TPSA) is 72.5 Å². The van der Waals surface area contributed by atoms with E-state index in [1.54, 1.807) is 0 Å². The third-order valence-corrected chi connectivity index (χ3v) is 5.90. The summed E-state index contributed by atoms with van der Waals surface area (Å²) in [6, 6.07) is 0. The second kappa shape index (κ2) is 5.17. The molecule has 0 aromatic rings. The van der Waals surface area contributed by atoms with Gasteiger partial charge in [0.1, 0.15) is 5.54 Å². The van der Waals surface area contributed by atoms with E-state index in [9.17, 15) is 13.2 Å². The average molecular weight is 275 g/mol. The van der Waals surface area contributed by atoms with Gasteiger partial charge in [0.05, 0.1) is 18.6 Å². The first-order chi connectivity index (χ1) is 8.47. The maximum absolute atomic E-state index is 11.9. The lowest BCUT2D eigenvalue weighted by Gasteiger charge is -2.32. The van der Waals surface area contributed by atoms with Crippen LogP contribution in [0.1, 0.15) is 32.1 Å². The van der Waals surface area contributed by atoms with Crippen LogP contribution in [0.25, 0.3) is 0 Å². The van der Waals surface area contributed by atoms with Gasteiger partial charge in [-0.2, -0.15) is 0 Å². The van der Waals surface area contributed by atoms with E-state index in [0.29, 0.717) is 18.6 Å². The summed E-state index contributed by atoms with van der Waals surface area (Å²) in [5.41, 5.74) is -0.647. The first-order valence-electron chi connectivity index (χ1n) is 6.51. The number of hydrogen-bond acceptors (Lipinski definition) is 5. The maximum atomic E-state index is 11.9. The standard InChI is InChI=1S/C12H21NO4S/c1-17-11(14)12(5-3-6-13-12)8-10-4-2-7-18(15,16)9-10/h10,13H,2-9H2,1H3. The molecular weight excluding hydrogens is 254 g/mol. The molecule has 2 unspecified atom stereocenters. The van der Waals surface area contributed by atoms with Gasteiger partial charge in [0, 0.05) is 0 Å². The second-order valence-electron chi connectivity index (χ2n) is 5.43. The van der Waals surface area contributed by atoms with E-state index < -0.39 is 15.4 Å². The third-order valence-electron chi connectivity index (χ3n) is 4.01. The molecule has 0 bridgehead atoms. The molecule has 2 aliphatic heterocycles. The minimum atomic E-state index is -2.91. The Hall–Kier alpha value is -0.620. The summed E-state index contributed by atoms with van der Waals surface area (Å²) in [5.74, 6) is 0.340. The fraction of sp³-hybridized carbons (Fsp3) is 0.917. The summed E-state index contributed by atoms with van der Waals surface area (Å²) < 4.78 is 28.2. The Morgan fingerprint density at radius 2 is 2.22 bits per heavy atom. The minimum absolute atomic E-state index is 0.0773. The van der Waals surface area contributed by atoms with Gasteiger partial charge in [-0.25, -0.2) is 8.42 Å². The highest BCUT2D eigenvalue weighted by Gasteiger charge is 2.44. The van der Waals surface area contributed by atoms with Crippen molar-refractivity contribution in [1.29, 1.82) is 0 Å². The van der Waals surface area contributed by atoms with Crippen LogP contribution in [0.15, 0.2) is 0 Å². The Labute approximate surface area is 108 Å². The molecule has 2 fully saturated rings. The predicted octanol–water partition coefficient (Wildman–Crippen LogP) is 0.496. The summed E-state index contributed by atoms with van der Waals surface area (Å²) in [5, 5.41) is 3.23. The Balaban J connectivity index is 2.08. The normalized spacial score (nSPS) is 35.3. The molecule has 104 valence electrons. The number of rotatable bonds is 3. The molecule has 2 atom stereocenters. The smallest absolute Gasteiger partial charge is 0.326 e. The van der Waals surface area contributed by atoms with Gasteiger partial charge in [-0.05, 0) is 44.6 Å². The van der Waals surface area contributed by atoms with E-state index in [-0.39, 0.29) is 17.6 Å². The number of hydrogen-bond donors (Lipinski definition) is 1. The van der Waals surface area contributed by atoms with Crippen LogP contribution in [0.4, 0.5) is 0 Å². The van der Waals surface area contributed by atoms with Crippen LogP contribution < -0.4 is 5.32 Å². The van der Waals surface area contributed by atoms with Crippen molar-refractivity contribution in [2.24, 2.45) is 5.92 Å². The van der Waals surface area contributed by atoms with Crippen molar-refractivity contribution >= 4 is 15.8 Å². The SMILES string of the molecule is COC(=O)C1(CC2CCCS(=O)(=O)C2)CCCN1. The minimum Gasteiger partial charge on any atom is -0.468 e. The summed E-state index contributed by atoms with van der Waals surface area (Å²) in [6.45, 7) is 0.800. The molecule has 0 spiro atoms. The highest BCUT2D eigenvalue weighted by Crippen LogP contribution is 2.32. The van der Waals surface area contributed by atoms with Gasteiger partial charge in [0.15, 0.2) is 9.84 Å². The number of methoxy groups -OCH3 is 1. The largest absolute Gasteiger partial charge is 0.468 e. The van der Waals surface area contributed by atoms with Crippen LogP contribution in [-0.2, 0) is 19.4 Å². The van der Waals surface area contributed by atoms with Crippen molar-refractivity contribution in [3.63, 3.8) is 0 Å². The first kappa shape index (κ1) is 13.8. The monoisotopic (exact) mass is 275 g/mol. The van der Waals surface area contributed by atoms with Crippen molar-refractivity contribution in [2.75, 3.05) is 25.2 Å². The molecule has 0 saturated carbocycles. The number of ether oxygens (including phenoxy) is 1. The number of carbonyl (C=O) groups is 1. The zero-order valence-corrected chi connectivity index (χ0v) is 11.6. The Bertz CT molecular complexity index is 412. The van der Waals surface area contributed by atoms with Gasteiger partial charge < -0.3 is 10.1 Å². The summed E-state index contributed by atoms with van der Waals surface area (Å²) in [7, 11) is -1.52. The molecule has 2 aliphatic rings. The van der Waals surface area contributed by atoms with Crippen molar-refractivity contribution in [3.8, 4) is 0 Å². The molecule has 2 rings (SSSR count). The van der Waals surface area contributed by atoms with Gasteiger partial charge in [-0.3, -0.25) is 4.79 Å². The summed E-state index contributed by atoms with van der Waals surface area (Å²) >= 11 is 0. The first-order valence-corrected chi connectivity index (χ1v) is 8.33. The lowest BCUT2D eigenvalue weighted by atomic mass is 9.84. The second-order valence-corrected chi connectivity index (χ2v) is 7.66. The third kappa shape index (κ3) is 2.85. The van der Waals surface area contributed by atoms with Crippen molar-refractivity contribution in [1.82, 2.24) is 5.32 Å². The van der Waals surface area contributed by atoms with E-state index in [2.05, 4.69) is 5.32 Å². The molecule has 6 heteroatoms. The van der Waals surface area contributed by atoms with Crippen LogP contribution in [0.3, 0.4) is 0 Å². The molecule has 0 aromatic heterocycles. The van der Waals surface area contributed by atoms with E-state index in [1.807, 2.05) is 0 Å².